The SMILES string of the molecule is O=C(O)C1=CCCCCCCCC1. The molecule has 0 aromatic carbocycles. The van der Waals surface area contributed by atoms with Crippen molar-refractivity contribution in [1.29, 1.82) is 0 Å². The van der Waals surface area contributed by atoms with Crippen molar-refractivity contribution in [1.82, 2.24) is 0 Å². The van der Waals surface area contributed by atoms with Gasteiger partial charge in [-0.3, -0.25) is 0 Å². The molecule has 13 heavy (non-hydrogen) atoms. The summed E-state index contributed by atoms with van der Waals surface area (Å²) in [6.45, 7) is 0. The molecular formula is C11H18O2. The van der Waals surface area contributed by atoms with Crippen molar-refractivity contribution >= 4 is 5.97 Å². The normalized spacial score (nSPS) is 20.5. The Kier molecular flexibility index (Phi) is 4.58. The van der Waals surface area contributed by atoms with Gasteiger partial charge in [0.2, 0.25) is 0 Å². The van der Waals surface area contributed by atoms with Crippen molar-refractivity contribution < 1.29 is 9.90 Å². The van der Waals surface area contributed by atoms with Crippen LogP contribution in [-0.4, -0.2) is 11.1 Å². The lowest BCUT2D eigenvalue weighted by molar-refractivity contribution is -0.132. The summed E-state index contributed by atoms with van der Waals surface area (Å²) in [5.41, 5.74) is 0.627. The van der Waals surface area contributed by atoms with Crippen LogP contribution in [0.25, 0.3) is 0 Å². The lowest BCUT2D eigenvalue weighted by Gasteiger charge is -2.06. The van der Waals surface area contributed by atoms with E-state index in [0.29, 0.717) is 5.57 Å². The Labute approximate surface area is 79.6 Å². The second-order valence-corrected chi connectivity index (χ2v) is 3.69. The molecule has 0 fully saturated rings. The average molecular weight is 182 g/mol. The zero-order valence-corrected chi connectivity index (χ0v) is 8.09. The molecule has 0 atom stereocenters. The van der Waals surface area contributed by atoms with Crippen molar-refractivity contribution in [2.24, 2.45) is 0 Å². The number of carboxylic acid groups (broad SMARTS) is 1. The highest BCUT2D eigenvalue weighted by molar-refractivity contribution is 5.86. The number of carbonyl (C=O) groups is 1. The minimum atomic E-state index is -0.722. The van der Waals surface area contributed by atoms with E-state index in [1.54, 1.807) is 0 Å². The van der Waals surface area contributed by atoms with E-state index in [4.69, 9.17) is 5.11 Å². The highest BCUT2D eigenvalue weighted by atomic mass is 16.4. The van der Waals surface area contributed by atoms with Gasteiger partial charge in [-0.25, -0.2) is 4.79 Å². The third-order valence-corrected chi connectivity index (χ3v) is 2.57. The van der Waals surface area contributed by atoms with Gasteiger partial charge in [0.25, 0.3) is 0 Å². The molecule has 74 valence electrons. The summed E-state index contributed by atoms with van der Waals surface area (Å²) in [6, 6.07) is 0. The molecule has 0 heterocycles. The highest BCUT2D eigenvalue weighted by Gasteiger charge is 2.07. The molecule has 1 N–H and O–H groups in total. The zero-order valence-electron chi connectivity index (χ0n) is 8.09. The van der Waals surface area contributed by atoms with E-state index in [0.717, 1.165) is 25.7 Å². The van der Waals surface area contributed by atoms with Crippen LogP contribution in [0, 0.1) is 0 Å². The zero-order chi connectivity index (χ0) is 9.52. The summed E-state index contributed by atoms with van der Waals surface area (Å²) in [5, 5.41) is 8.85. The first kappa shape index (κ1) is 10.3. The Morgan fingerprint density at radius 1 is 1.08 bits per heavy atom. The number of aliphatic carboxylic acids is 1. The van der Waals surface area contributed by atoms with Gasteiger partial charge in [0.15, 0.2) is 0 Å². The molecule has 2 nitrogen and oxygen atoms in total. The smallest absolute Gasteiger partial charge is 0.331 e. The van der Waals surface area contributed by atoms with Gasteiger partial charge >= 0.3 is 5.97 Å². The summed E-state index contributed by atoms with van der Waals surface area (Å²) in [5.74, 6) is -0.722. The first-order chi connectivity index (χ1) is 6.30. The van der Waals surface area contributed by atoms with Crippen LogP contribution in [0.4, 0.5) is 0 Å². The van der Waals surface area contributed by atoms with Gasteiger partial charge in [0, 0.05) is 5.57 Å². The maximum atomic E-state index is 10.7. The van der Waals surface area contributed by atoms with Gasteiger partial charge in [-0.1, -0.05) is 31.8 Å². The topological polar surface area (TPSA) is 37.3 Å². The maximum Gasteiger partial charge on any atom is 0.331 e. The fourth-order valence-electron chi connectivity index (χ4n) is 1.74. The van der Waals surface area contributed by atoms with Crippen LogP contribution in [0.5, 0.6) is 0 Å². The number of hydrogen-bond donors (Lipinski definition) is 1. The third kappa shape index (κ3) is 4.11. The van der Waals surface area contributed by atoms with E-state index >= 15 is 0 Å². The maximum absolute atomic E-state index is 10.7. The summed E-state index contributed by atoms with van der Waals surface area (Å²) in [4.78, 5) is 10.7. The summed E-state index contributed by atoms with van der Waals surface area (Å²) < 4.78 is 0. The second kappa shape index (κ2) is 5.79. The fourth-order valence-corrected chi connectivity index (χ4v) is 1.74. The van der Waals surface area contributed by atoms with Crippen LogP contribution in [0.1, 0.15) is 51.4 Å². The summed E-state index contributed by atoms with van der Waals surface area (Å²) in [7, 11) is 0. The average Bonchev–Trinajstić information content (AvgIpc) is 2.14. The summed E-state index contributed by atoms with van der Waals surface area (Å²) in [6.07, 6.45) is 10.8. The molecule has 0 unspecified atom stereocenters. The molecular weight excluding hydrogens is 164 g/mol. The van der Waals surface area contributed by atoms with Crippen LogP contribution < -0.4 is 0 Å². The Morgan fingerprint density at radius 2 is 1.69 bits per heavy atom. The quantitative estimate of drug-likeness (QED) is 0.676. The van der Waals surface area contributed by atoms with Gasteiger partial charge in [0.1, 0.15) is 0 Å². The van der Waals surface area contributed by atoms with Crippen LogP contribution in [0.2, 0.25) is 0 Å². The largest absolute Gasteiger partial charge is 0.478 e. The first-order valence-corrected chi connectivity index (χ1v) is 5.23. The first-order valence-electron chi connectivity index (χ1n) is 5.23. The predicted molar refractivity (Wildman–Crippen MR) is 52.7 cm³/mol. The number of allylic oxidation sites excluding steroid dienone is 1. The third-order valence-electron chi connectivity index (χ3n) is 2.57. The van der Waals surface area contributed by atoms with E-state index in [9.17, 15) is 4.79 Å². The van der Waals surface area contributed by atoms with Crippen molar-refractivity contribution in [2.45, 2.75) is 51.4 Å². The molecule has 0 radical (unpaired) electrons. The van der Waals surface area contributed by atoms with Crippen molar-refractivity contribution in [3.05, 3.63) is 11.6 Å². The number of carboxylic acids is 1. The molecule has 0 amide bonds. The molecule has 1 rings (SSSR count). The molecule has 0 aromatic rings. The van der Waals surface area contributed by atoms with E-state index in [2.05, 4.69) is 0 Å². The molecule has 0 saturated heterocycles. The summed E-state index contributed by atoms with van der Waals surface area (Å²) >= 11 is 0. The van der Waals surface area contributed by atoms with E-state index in [1.165, 1.54) is 25.7 Å². The van der Waals surface area contributed by atoms with Crippen LogP contribution in [-0.2, 0) is 4.79 Å². The molecule has 1 aliphatic rings. The van der Waals surface area contributed by atoms with Gasteiger partial charge in [-0.15, -0.1) is 0 Å². The Hall–Kier alpha value is -0.790. The van der Waals surface area contributed by atoms with E-state index in [-0.39, 0.29) is 0 Å². The Bertz CT molecular complexity index is 194. The van der Waals surface area contributed by atoms with Crippen LogP contribution in [0.3, 0.4) is 0 Å². The fraction of sp³-hybridized carbons (Fsp3) is 0.727. The standard InChI is InChI=1S/C11H18O2/c12-11(13)10-8-6-4-2-1-3-5-7-9-10/h8H,1-7,9H2,(H,12,13). The molecule has 0 saturated carbocycles. The minimum Gasteiger partial charge on any atom is -0.478 e. The number of hydrogen-bond acceptors (Lipinski definition) is 1. The van der Waals surface area contributed by atoms with E-state index in [1.807, 2.05) is 6.08 Å². The monoisotopic (exact) mass is 182 g/mol. The van der Waals surface area contributed by atoms with E-state index < -0.39 is 5.97 Å². The minimum absolute atomic E-state index is 0.627. The lowest BCUT2D eigenvalue weighted by Crippen LogP contribution is -2.01. The van der Waals surface area contributed by atoms with Crippen LogP contribution in [0.15, 0.2) is 11.6 Å². The van der Waals surface area contributed by atoms with Crippen molar-refractivity contribution in [3.8, 4) is 0 Å². The van der Waals surface area contributed by atoms with Gasteiger partial charge < -0.3 is 5.11 Å². The Balaban J connectivity index is 2.47. The van der Waals surface area contributed by atoms with Crippen molar-refractivity contribution in [3.63, 3.8) is 0 Å². The van der Waals surface area contributed by atoms with Crippen molar-refractivity contribution in [2.75, 3.05) is 0 Å². The Morgan fingerprint density at radius 3 is 2.38 bits per heavy atom. The lowest BCUT2D eigenvalue weighted by atomic mass is 10.0. The molecule has 0 bridgehead atoms. The van der Waals surface area contributed by atoms with Crippen LogP contribution >= 0.6 is 0 Å². The van der Waals surface area contributed by atoms with Gasteiger partial charge in [-0.2, -0.15) is 0 Å². The number of rotatable bonds is 1. The molecule has 0 spiro atoms. The molecule has 0 aromatic heterocycles. The second-order valence-electron chi connectivity index (χ2n) is 3.69. The van der Waals surface area contributed by atoms with Gasteiger partial charge in [0.05, 0.1) is 0 Å². The van der Waals surface area contributed by atoms with Gasteiger partial charge in [-0.05, 0) is 25.7 Å². The highest BCUT2D eigenvalue weighted by Crippen LogP contribution is 2.16. The molecule has 0 aliphatic heterocycles. The predicted octanol–water partition coefficient (Wildman–Crippen LogP) is 3.13. The molecule has 1 aliphatic carbocycles. The molecule has 2 heteroatoms.